The number of amidine groups is 1. The van der Waals surface area contributed by atoms with Crippen molar-refractivity contribution in [1.29, 1.82) is 0 Å². The second-order valence-corrected chi connectivity index (χ2v) is 5.81. The van der Waals surface area contributed by atoms with Gasteiger partial charge in [0.2, 0.25) is 0 Å². The molecular formula is C14H23N3O. The van der Waals surface area contributed by atoms with Crippen LogP contribution < -0.4 is 5.73 Å². The quantitative estimate of drug-likeness (QED) is 0.781. The molecule has 0 aromatic heterocycles. The van der Waals surface area contributed by atoms with E-state index in [4.69, 9.17) is 5.73 Å². The molecule has 2 aliphatic rings. The van der Waals surface area contributed by atoms with Gasteiger partial charge in [-0.1, -0.05) is 32.8 Å². The first-order valence-corrected chi connectivity index (χ1v) is 6.78. The summed E-state index contributed by atoms with van der Waals surface area (Å²) in [6.45, 7) is 8.75. The number of urea groups is 1. The molecule has 0 radical (unpaired) electrons. The second kappa shape index (κ2) is 4.75. The van der Waals surface area contributed by atoms with Crippen LogP contribution in [0.4, 0.5) is 4.79 Å². The van der Waals surface area contributed by atoms with Crippen molar-refractivity contribution in [3.05, 3.63) is 12.7 Å². The zero-order valence-electron chi connectivity index (χ0n) is 11.4. The minimum atomic E-state index is -0.335. The van der Waals surface area contributed by atoms with Gasteiger partial charge in [-0.05, 0) is 24.7 Å². The lowest BCUT2D eigenvalue weighted by Crippen LogP contribution is -2.57. The molecule has 2 amide bonds. The summed E-state index contributed by atoms with van der Waals surface area (Å²) >= 11 is 0. The van der Waals surface area contributed by atoms with E-state index < -0.39 is 0 Å². The molecule has 4 nitrogen and oxygen atoms in total. The summed E-state index contributed by atoms with van der Waals surface area (Å²) in [7, 11) is 0. The lowest BCUT2D eigenvalue weighted by Gasteiger charge is -2.44. The number of nitrogens with two attached hydrogens (primary N) is 1. The Morgan fingerprint density at radius 2 is 2.39 bits per heavy atom. The number of rotatable bonds is 3. The predicted molar refractivity (Wildman–Crippen MR) is 73.4 cm³/mol. The number of carbonyl (C=O) groups excluding carboxylic acids is 1. The Morgan fingerprint density at radius 3 is 3.00 bits per heavy atom. The number of nitrogens with zero attached hydrogens (tertiary/aromatic N) is 2. The highest BCUT2D eigenvalue weighted by molar-refractivity contribution is 6.06. The van der Waals surface area contributed by atoms with Crippen LogP contribution in [0.3, 0.4) is 0 Å². The summed E-state index contributed by atoms with van der Waals surface area (Å²) in [5.74, 6) is 1.75. The van der Waals surface area contributed by atoms with E-state index in [2.05, 4.69) is 25.4 Å². The van der Waals surface area contributed by atoms with Crippen LogP contribution in [-0.4, -0.2) is 28.9 Å². The zero-order valence-corrected chi connectivity index (χ0v) is 11.4. The molecule has 1 fully saturated rings. The van der Waals surface area contributed by atoms with Gasteiger partial charge in [-0.25, -0.2) is 4.79 Å². The monoisotopic (exact) mass is 249 g/mol. The molecule has 2 rings (SSSR count). The highest BCUT2D eigenvalue weighted by atomic mass is 16.2. The molecule has 1 aliphatic heterocycles. The SMILES string of the molecule is C=CCN1C(=O)N=C(N)C12CCCC(C(C)C)C2. The third kappa shape index (κ3) is 1.93. The Hall–Kier alpha value is -1.32. The maximum atomic E-state index is 11.9. The predicted octanol–water partition coefficient (Wildman–Crippen LogP) is 2.55. The van der Waals surface area contributed by atoms with Gasteiger partial charge in [-0.2, -0.15) is 4.99 Å². The Morgan fingerprint density at radius 1 is 1.67 bits per heavy atom. The number of hydrogen-bond acceptors (Lipinski definition) is 2. The van der Waals surface area contributed by atoms with Gasteiger partial charge in [0.15, 0.2) is 0 Å². The molecule has 1 heterocycles. The van der Waals surface area contributed by atoms with Gasteiger partial charge in [0.1, 0.15) is 11.4 Å². The summed E-state index contributed by atoms with van der Waals surface area (Å²) in [5, 5.41) is 0. The highest BCUT2D eigenvalue weighted by Gasteiger charge is 2.50. The van der Waals surface area contributed by atoms with Gasteiger partial charge < -0.3 is 10.6 Å². The average molecular weight is 249 g/mol. The molecule has 100 valence electrons. The zero-order chi connectivity index (χ0) is 13.3. The number of carbonyl (C=O) groups is 1. The van der Waals surface area contributed by atoms with Gasteiger partial charge >= 0.3 is 6.03 Å². The van der Waals surface area contributed by atoms with E-state index in [9.17, 15) is 4.79 Å². The second-order valence-electron chi connectivity index (χ2n) is 5.81. The van der Waals surface area contributed by atoms with Crippen LogP contribution in [0.1, 0.15) is 39.5 Å². The minimum Gasteiger partial charge on any atom is -0.385 e. The number of hydrogen-bond donors (Lipinski definition) is 1. The van der Waals surface area contributed by atoms with E-state index in [0.29, 0.717) is 24.2 Å². The van der Waals surface area contributed by atoms with E-state index in [1.165, 1.54) is 6.42 Å². The molecule has 2 atom stereocenters. The fraction of sp³-hybridized carbons (Fsp3) is 0.714. The molecule has 1 spiro atoms. The molecule has 0 saturated heterocycles. The Bertz CT molecular complexity index is 389. The van der Waals surface area contributed by atoms with Crippen LogP contribution in [0.5, 0.6) is 0 Å². The molecule has 2 N–H and O–H groups in total. The van der Waals surface area contributed by atoms with Crippen molar-refractivity contribution in [2.45, 2.75) is 45.1 Å². The molecule has 2 unspecified atom stereocenters. The summed E-state index contributed by atoms with van der Waals surface area (Å²) in [4.78, 5) is 17.7. The van der Waals surface area contributed by atoms with Crippen LogP contribution in [0.25, 0.3) is 0 Å². The van der Waals surface area contributed by atoms with Gasteiger partial charge in [0, 0.05) is 6.54 Å². The normalized spacial score (nSPS) is 32.2. The molecule has 18 heavy (non-hydrogen) atoms. The lowest BCUT2D eigenvalue weighted by atomic mass is 9.70. The topological polar surface area (TPSA) is 58.7 Å². The van der Waals surface area contributed by atoms with Crippen molar-refractivity contribution >= 4 is 11.9 Å². The van der Waals surface area contributed by atoms with Crippen molar-refractivity contribution in [1.82, 2.24) is 4.90 Å². The minimum absolute atomic E-state index is 0.197. The molecule has 0 aromatic rings. The Labute approximate surface area is 109 Å². The van der Waals surface area contributed by atoms with Gasteiger partial charge in [-0.15, -0.1) is 6.58 Å². The van der Waals surface area contributed by atoms with E-state index in [-0.39, 0.29) is 11.6 Å². The summed E-state index contributed by atoms with van der Waals surface area (Å²) < 4.78 is 0. The largest absolute Gasteiger partial charge is 0.385 e. The van der Waals surface area contributed by atoms with Crippen molar-refractivity contribution in [3.8, 4) is 0 Å². The molecule has 4 heteroatoms. The summed E-state index contributed by atoms with van der Waals surface area (Å²) in [5.41, 5.74) is 5.74. The lowest BCUT2D eigenvalue weighted by molar-refractivity contribution is 0.113. The van der Waals surface area contributed by atoms with Crippen molar-refractivity contribution in [2.75, 3.05) is 6.54 Å². The fourth-order valence-electron chi connectivity index (χ4n) is 3.31. The smallest absolute Gasteiger partial charge is 0.346 e. The Kier molecular flexibility index (Phi) is 3.46. The highest BCUT2D eigenvalue weighted by Crippen LogP contribution is 2.42. The third-order valence-electron chi connectivity index (χ3n) is 4.46. The first-order valence-electron chi connectivity index (χ1n) is 6.78. The van der Waals surface area contributed by atoms with Crippen molar-refractivity contribution in [3.63, 3.8) is 0 Å². The summed E-state index contributed by atoms with van der Waals surface area (Å²) in [6, 6.07) is -0.197. The standard InChI is InChI=1S/C14H23N3O/c1-4-8-17-13(18)16-12(15)14(17)7-5-6-11(9-14)10(2)3/h4,10-11H,1,5-9H2,2-3H3,(H2,15,16,18). The molecule has 1 saturated carbocycles. The molecular weight excluding hydrogens is 226 g/mol. The van der Waals surface area contributed by atoms with Crippen molar-refractivity contribution in [2.24, 2.45) is 22.6 Å². The van der Waals surface area contributed by atoms with Gasteiger partial charge in [0.25, 0.3) is 0 Å². The molecule has 1 aliphatic carbocycles. The maximum absolute atomic E-state index is 11.9. The first kappa shape index (κ1) is 13.1. The van der Waals surface area contributed by atoms with Crippen LogP contribution >= 0.6 is 0 Å². The van der Waals surface area contributed by atoms with E-state index in [1.54, 1.807) is 6.08 Å². The molecule has 0 aromatic carbocycles. The number of amides is 2. The van der Waals surface area contributed by atoms with E-state index in [1.807, 2.05) is 4.90 Å². The Balaban J connectivity index is 2.29. The van der Waals surface area contributed by atoms with E-state index in [0.717, 1.165) is 19.3 Å². The molecule has 0 bridgehead atoms. The summed E-state index contributed by atoms with van der Waals surface area (Å²) in [6.07, 6.45) is 5.97. The van der Waals surface area contributed by atoms with Crippen LogP contribution in [0.15, 0.2) is 17.6 Å². The average Bonchev–Trinajstić information content (AvgIpc) is 2.54. The van der Waals surface area contributed by atoms with Gasteiger partial charge in [-0.3, -0.25) is 0 Å². The fourth-order valence-corrected chi connectivity index (χ4v) is 3.31. The van der Waals surface area contributed by atoms with Crippen LogP contribution in [0, 0.1) is 11.8 Å². The van der Waals surface area contributed by atoms with Crippen molar-refractivity contribution < 1.29 is 4.79 Å². The number of aliphatic imine (C=N–C) groups is 1. The van der Waals surface area contributed by atoms with Crippen LogP contribution in [-0.2, 0) is 0 Å². The maximum Gasteiger partial charge on any atom is 0.346 e. The van der Waals surface area contributed by atoms with Gasteiger partial charge in [0.05, 0.1) is 0 Å². The van der Waals surface area contributed by atoms with Crippen LogP contribution in [0.2, 0.25) is 0 Å². The van der Waals surface area contributed by atoms with E-state index >= 15 is 0 Å². The first-order chi connectivity index (χ1) is 8.51. The third-order valence-corrected chi connectivity index (χ3v) is 4.46.